The molecule has 0 atom stereocenters. The van der Waals surface area contributed by atoms with Gasteiger partial charge in [-0.2, -0.15) is 0 Å². The minimum atomic E-state index is 0.710. The third-order valence-corrected chi connectivity index (χ3v) is 4.65. The fourth-order valence-corrected chi connectivity index (χ4v) is 3.57. The lowest BCUT2D eigenvalue weighted by molar-refractivity contribution is 0.421. The summed E-state index contributed by atoms with van der Waals surface area (Å²) >= 11 is 0. The van der Waals surface area contributed by atoms with Crippen LogP contribution < -0.4 is 4.90 Å². The van der Waals surface area contributed by atoms with Crippen molar-refractivity contribution in [1.82, 2.24) is 9.55 Å². The van der Waals surface area contributed by atoms with Gasteiger partial charge in [0.1, 0.15) is 11.6 Å². The second kappa shape index (κ2) is 5.33. The topological polar surface area (TPSA) is 21.1 Å². The Morgan fingerprint density at radius 3 is 2.39 bits per heavy atom. The lowest BCUT2D eigenvalue weighted by Gasteiger charge is -2.29. The van der Waals surface area contributed by atoms with Gasteiger partial charge in [-0.15, -0.1) is 0 Å². The number of hydrogen-bond donors (Lipinski definition) is 0. The minimum absolute atomic E-state index is 0.710. The first-order valence-electron chi connectivity index (χ1n) is 7.63. The Morgan fingerprint density at radius 1 is 1.00 bits per heavy atom. The molecule has 3 heteroatoms. The Bertz CT molecular complexity index is 349. The van der Waals surface area contributed by atoms with E-state index in [1.165, 1.54) is 76.1 Å². The summed E-state index contributed by atoms with van der Waals surface area (Å²) in [6.45, 7) is 2.42. The molecular weight excluding hydrogens is 222 g/mol. The van der Waals surface area contributed by atoms with E-state index in [4.69, 9.17) is 4.98 Å². The number of anilines is 1. The lowest BCUT2D eigenvalue weighted by atomic mass is 9.89. The van der Waals surface area contributed by atoms with Crippen LogP contribution in [0.25, 0.3) is 0 Å². The van der Waals surface area contributed by atoms with Crippen LogP contribution in [0.5, 0.6) is 0 Å². The molecule has 2 aliphatic rings. The van der Waals surface area contributed by atoms with E-state index in [1.54, 1.807) is 0 Å². The number of rotatable bonds is 2. The van der Waals surface area contributed by atoms with Crippen molar-refractivity contribution in [3.63, 3.8) is 0 Å². The predicted octanol–water partition coefficient (Wildman–Crippen LogP) is 3.46. The third kappa shape index (κ3) is 2.27. The summed E-state index contributed by atoms with van der Waals surface area (Å²) in [5, 5.41) is 0. The van der Waals surface area contributed by atoms with Crippen LogP contribution in [0, 0.1) is 0 Å². The molecule has 1 saturated carbocycles. The van der Waals surface area contributed by atoms with Gasteiger partial charge in [0.05, 0.1) is 6.20 Å². The zero-order valence-corrected chi connectivity index (χ0v) is 11.6. The number of hydrogen-bond acceptors (Lipinski definition) is 2. The van der Waals surface area contributed by atoms with E-state index in [2.05, 4.69) is 22.7 Å². The highest BCUT2D eigenvalue weighted by Gasteiger charge is 2.22. The average molecular weight is 247 g/mol. The van der Waals surface area contributed by atoms with E-state index in [1.807, 2.05) is 0 Å². The van der Waals surface area contributed by atoms with Gasteiger partial charge in [0.2, 0.25) is 0 Å². The molecule has 3 rings (SSSR count). The molecule has 0 radical (unpaired) electrons. The molecule has 0 amide bonds. The van der Waals surface area contributed by atoms with E-state index in [0.29, 0.717) is 5.92 Å². The Balaban J connectivity index is 1.78. The van der Waals surface area contributed by atoms with E-state index in [-0.39, 0.29) is 0 Å². The van der Waals surface area contributed by atoms with Gasteiger partial charge in [-0.1, -0.05) is 19.3 Å². The monoisotopic (exact) mass is 247 g/mol. The van der Waals surface area contributed by atoms with Crippen LogP contribution >= 0.6 is 0 Å². The molecule has 1 aromatic heterocycles. The van der Waals surface area contributed by atoms with Crippen molar-refractivity contribution in [3.05, 3.63) is 12.0 Å². The highest BCUT2D eigenvalue weighted by atomic mass is 15.3. The molecule has 0 aromatic carbocycles. The van der Waals surface area contributed by atoms with Gasteiger partial charge < -0.3 is 9.47 Å². The molecular formula is C15H25N3. The fourth-order valence-electron chi connectivity index (χ4n) is 3.57. The number of imidazole rings is 1. The largest absolute Gasteiger partial charge is 0.357 e. The van der Waals surface area contributed by atoms with Crippen molar-refractivity contribution in [2.75, 3.05) is 18.0 Å². The van der Waals surface area contributed by atoms with Crippen LogP contribution in [0.15, 0.2) is 6.20 Å². The molecule has 18 heavy (non-hydrogen) atoms. The van der Waals surface area contributed by atoms with Gasteiger partial charge in [0, 0.05) is 26.1 Å². The Morgan fingerprint density at radius 2 is 1.67 bits per heavy atom. The van der Waals surface area contributed by atoms with Gasteiger partial charge in [0.15, 0.2) is 0 Å². The smallest absolute Gasteiger partial charge is 0.128 e. The van der Waals surface area contributed by atoms with Crippen molar-refractivity contribution in [2.45, 2.75) is 57.3 Å². The van der Waals surface area contributed by atoms with Gasteiger partial charge in [-0.05, 0) is 32.1 Å². The predicted molar refractivity (Wildman–Crippen MR) is 75.1 cm³/mol. The van der Waals surface area contributed by atoms with Gasteiger partial charge in [0.25, 0.3) is 0 Å². The summed E-state index contributed by atoms with van der Waals surface area (Å²) in [5.41, 5.74) is 0. The van der Waals surface area contributed by atoms with Crippen LogP contribution in [-0.2, 0) is 7.05 Å². The van der Waals surface area contributed by atoms with E-state index in [9.17, 15) is 0 Å². The molecule has 1 saturated heterocycles. The SMILES string of the molecule is Cn1c(N2CCCCC2)cnc1C1CCCCC1. The van der Waals surface area contributed by atoms with Crippen molar-refractivity contribution < 1.29 is 0 Å². The van der Waals surface area contributed by atoms with E-state index < -0.39 is 0 Å². The number of aromatic nitrogens is 2. The first-order chi connectivity index (χ1) is 8.86. The standard InChI is InChI=1S/C15H25N3/c1-17-14(18-10-6-3-7-11-18)12-16-15(17)13-8-4-2-5-9-13/h12-13H,2-11H2,1H3. The maximum absolute atomic E-state index is 4.74. The summed E-state index contributed by atoms with van der Waals surface area (Å²) in [7, 11) is 2.21. The van der Waals surface area contributed by atoms with Gasteiger partial charge in [-0.25, -0.2) is 4.98 Å². The Hall–Kier alpha value is -0.990. The van der Waals surface area contributed by atoms with E-state index in [0.717, 1.165) is 0 Å². The summed E-state index contributed by atoms with van der Waals surface area (Å²) in [4.78, 5) is 7.25. The summed E-state index contributed by atoms with van der Waals surface area (Å²) in [6, 6.07) is 0. The summed E-state index contributed by atoms with van der Waals surface area (Å²) in [6.07, 6.45) is 13.0. The molecule has 1 aromatic rings. The van der Waals surface area contributed by atoms with Gasteiger partial charge >= 0.3 is 0 Å². The number of nitrogens with zero attached hydrogens (tertiary/aromatic N) is 3. The molecule has 0 unspecified atom stereocenters. The molecule has 2 heterocycles. The first kappa shape index (κ1) is 12.1. The zero-order chi connectivity index (χ0) is 12.4. The zero-order valence-electron chi connectivity index (χ0n) is 11.6. The molecule has 0 spiro atoms. The normalized spacial score (nSPS) is 22.4. The molecule has 1 aliphatic heterocycles. The molecule has 3 nitrogen and oxygen atoms in total. The molecule has 100 valence electrons. The molecule has 1 aliphatic carbocycles. The maximum Gasteiger partial charge on any atom is 0.128 e. The van der Waals surface area contributed by atoms with Crippen LogP contribution in [0.2, 0.25) is 0 Å². The summed E-state index contributed by atoms with van der Waals surface area (Å²) < 4.78 is 2.36. The molecule has 2 fully saturated rings. The van der Waals surface area contributed by atoms with Crippen LogP contribution in [0.4, 0.5) is 5.82 Å². The van der Waals surface area contributed by atoms with Crippen LogP contribution in [-0.4, -0.2) is 22.6 Å². The van der Waals surface area contributed by atoms with Crippen molar-refractivity contribution >= 4 is 5.82 Å². The Kier molecular flexibility index (Phi) is 3.57. The quantitative estimate of drug-likeness (QED) is 0.798. The highest BCUT2D eigenvalue weighted by Crippen LogP contribution is 2.33. The second-order valence-corrected chi connectivity index (χ2v) is 5.92. The molecule has 0 bridgehead atoms. The van der Waals surface area contributed by atoms with Crippen LogP contribution in [0.1, 0.15) is 63.1 Å². The van der Waals surface area contributed by atoms with Crippen LogP contribution in [0.3, 0.4) is 0 Å². The maximum atomic E-state index is 4.74. The van der Waals surface area contributed by atoms with Gasteiger partial charge in [-0.3, -0.25) is 0 Å². The summed E-state index contributed by atoms with van der Waals surface area (Å²) in [5.74, 6) is 3.38. The number of piperidine rings is 1. The first-order valence-corrected chi connectivity index (χ1v) is 7.63. The molecule has 0 N–H and O–H groups in total. The highest BCUT2D eigenvalue weighted by molar-refractivity contribution is 5.39. The lowest BCUT2D eigenvalue weighted by Crippen LogP contribution is -2.31. The van der Waals surface area contributed by atoms with Crippen molar-refractivity contribution in [3.8, 4) is 0 Å². The van der Waals surface area contributed by atoms with E-state index >= 15 is 0 Å². The minimum Gasteiger partial charge on any atom is -0.357 e. The third-order valence-electron chi connectivity index (χ3n) is 4.65. The fraction of sp³-hybridized carbons (Fsp3) is 0.800. The second-order valence-electron chi connectivity index (χ2n) is 5.92. The average Bonchev–Trinajstić information content (AvgIpc) is 2.83. The Labute approximate surface area is 110 Å². The van der Waals surface area contributed by atoms with Crippen molar-refractivity contribution in [1.29, 1.82) is 0 Å². The van der Waals surface area contributed by atoms with Crippen molar-refractivity contribution in [2.24, 2.45) is 7.05 Å².